The molecule has 2 aromatic heterocycles. The summed E-state index contributed by atoms with van der Waals surface area (Å²) in [4.78, 5) is 18.0. The molecular weight excluding hydrogens is 268 g/mol. The number of esters is 1. The molecule has 0 spiro atoms. The Kier molecular flexibility index (Phi) is 4.33. The molecular formula is C12H14N2O2S2. The lowest BCUT2D eigenvalue weighted by atomic mass is 10.4. The number of methoxy groups -OCH3 is 1. The Hall–Kier alpha value is -1.40. The molecule has 1 N–H and O–H groups in total. The van der Waals surface area contributed by atoms with Crippen molar-refractivity contribution in [2.24, 2.45) is 0 Å². The number of aryl methyl sites for hydroxylation is 1. The second-order valence-corrected chi connectivity index (χ2v) is 5.72. The Balaban J connectivity index is 1.93. The van der Waals surface area contributed by atoms with Crippen LogP contribution < -0.4 is 5.32 Å². The first-order chi connectivity index (χ1) is 8.72. The molecule has 0 atom stereocenters. The van der Waals surface area contributed by atoms with Crippen LogP contribution in [0.4, 0.5) is 5.13 Å². The molecule has 2 heterocycles. The van der Waals surface area contributed by atoms with E-state index in [0.717, 1.165) is 18.1 Å². The van der Waals surface area contributed by atoms with Crippen molar-refractivity contribution in [2.75, 3.05) is 12.4 Å². The highest BCUT2D eigenvalue weighted by molar-refractivity contribution is 7.14. The molecule has 2 aromatic rings. The summed E-state index contributed by atoms with van der Waals surface area (Å²) in [7, 11) is 1.35. The van der Waals surface area contributed by atoms with E-state index in [4.69, 9.17) is 0 Å². The van der Waals surface area contributed by atoms with Crippen LogP contribution in [0.15, 0.2) is 17.5 Å². The molecule has 6 heteroatoms. The van der Waals surface area contributed by atoms with Crippen LogP contribution in [0.3, 0.4) is 0 Å². The monoisotopic (exact) mass is 282 g/mol. The van der Waals surface area contributed by atoms with Gasteiger partial charge in [-0.1, -0.05) is 6.92 Å². The summed E-state index contributed by atoms with van der Waals surface area (Å²) in [5.41, 5.74) is 0.352. The van der Waals surface area contributed by atoms with Crippen LogP contribution in [-0.2, 0) is 17.7 Å². The number of anilines is 1. The van der Waals surface area contributed by atoms with Crippen LogP contribution in [0.25, 0.3) is 0 Å². The average molecular weight is 282 g/mol. The van der Waals surface area contributed by atoms with Gasteiger partial charge < -0.3 is 10.1 Å². The van der Waals surface area contributed by atoms with Gasteiger partial charge in [-0.05, 0) is 18.6 Å². The number of hydrogen-bond acceptors (Lipinski definition) is 6. The van der Waals surface area contributed by atoms with Crippen molar-refractivity contribution in [1.82, 2.24) is 4.98 Å². The summed E-state index contributed by atoms with van der Waals surface area (Å²) in [6.07, 6.45) is 1.06. The zero-order valence-corrected chi connectivity index (χ0v) is 11.9. The van der Waals surface area contributed by atoms with Gasteiger partial charge in [0.05, 0.1) is 13.7 Å². The van der Waals surface area contributed by atoms with Gasteiger partial charge in [-0.15, -0.1) is 22.7 Å². The van der Waals surface area contributed by atoms with E-state index in [1.807, 2.05) is 0 Å². The molecule has 0 aliphatic rings. The molecule has 2 rings (SSSR count). The van der Waals surface area contributed by atoms with Crippen LogP contribution in [0.2, 0.25) is 0 Å². The highest BCUT2D eigenvalue weighted by Gasteiger charge is 2.10. The molecule has 0 unspecified atom stereocenters. The molecule has 4 nitrogen and oxygen atoms in total. The van der Waals surface area contributed by atoms with Gasteiger partial charge in [0.15, 0.2) is 10.8 Å². The minimum absolute atomic E-state index is 0.352. The molecule has 0 aliphatic heterocycles. The van der Waals surface area contributed by atoms with Gasteiger partial charge in [0.25, 0.3) is 0 Å². The van der Waals surface area contributed by atoms with E-state index >= 15 is 0 Å². The van der Waals surface area contributed by atoms with Gasteiger partial charge in [0, 0.05) is 15.1 Å². The van der Waals surface area contributed by atoms with E-state index in [1.54, 1.807) is 16.7 Å². The average Bonchev–Trinajstić information content (AvgIpc) is 3.04. The van der Waals surface area contributed by atoms with E-state index in [1.165, 1.54) is 28.2 Å². The van der Waals surface area contributed by atoms with Gasteiger partial charge in [0.2, 0.25) is 0 Å². The first-order valence-electron chi connectivity index (χ1n) is 5.58. The second kappa shape index (κ2) is 5.97. The van der Waals surface area contributed by atoms with Crippen LogP contribution in [0.1, 0.15) is 27.2 Å². The minimum Gasteiger partial charge on any atom is -0.464 e. The van der Waals surface area contributed by atoms with Gasteiger partial charge >= 0.3 is 5.97 Å². The SMILES string of the molecule is CCc1ccc(CNc2nc(C(=O)OC)cs2)s1. The number of hydrogen-bond donors (Lipinski definition) is 1. The van der Waals surface area contributed by atoms with Crippen molar-refractivity contribution in [2.45, 2.75) is 19.9 Å². The first kappa shape index (κ1) is 13.0. The fraction of sp³-hybridized carbons (Fsp3) is 0.333. The zero-order valence-electron chi connectivity index (χ0n) is 10.2. The summed E-state index contributed by atoms with van der Waals surface area (Å²) in [5, 5.41) is 5.64. The van der Waals surface area contributed by atoms with Crippen molar-refractivity contribution >= 4 is 33.8 Å². The van der Waals surface area contributed by atoms with E-state index in [2.05, 4.69) is 34.1 Å². The predicted molar refractivity (Wildman–Crippen MR) is 74.5 cm³/mol. The van der Waals surface area contributed by atoms with Gasteiger partial charge in [0.1, 0.15) is 0 Å². The normalized spacial score (nSPS) is 10.3. The summed E-state index contributed by atoms with van der Waals surface area (Å²) < 4.78 is 4.61. The second-order valence-electron chi connectivity index (χ2n) is 3.60. The molecule has 0 saturated carbocycles. The topological polar surface area (TPSA) is 51.2 Å². The van der Waals surface area contributed by atoms with E-state index in [-0.39, 0.29) is 0 Å². The minimum atomic E-state index is -0.399. The lowest BCUT2D eigenvalue weighted by molar-refractivity contribution is 0.0595. The molecule has 0 saturated heterocycles. The summed E-state index contributed by atoms with van der Waals surface area (Å²) in [5.74, 6) is -0.399. The zero-order chi connectivity index (χ0) is 13.0. The molecule has 0 bridgehead atoms. The third-order valence-corrected chi connectivity index (χ3v) is 4.41. The number of ether oxygens (including phenoxy) is 1. The first-order valence-corrected chi connectivity index (χ1v) is 7.28. The Morgan fingerprint density at radius 2 is 2.22 bits per heavy atom. The van der Waals surface area contributed by atoms with Gasteiger partial charge in [-0.25, -0.2) is 9.78 Å². The van der Waals surface area contributed by atoms with E-state index < -0.39 is 5.97 Å². The number of carbonyl (C=O) groups is 1. The predicted octanol–water partition coefficient (Wildman–Crippen LogP) is 3.17. The number of thiazole rings is 1. The number of carbonyl (C=O) groups excluding carboxylic acids is 1. The van der Waals surface area contributed by atoms with Crippen molar-refractivity contribution < 1.29 is 9.53 Å². The molecule has 0 aliphatic carbocycles. The van der Waals surface area contributed by atoms with E-state index in [0.29, 0.717) is 5.69 Å². The third kappa shape index (κ3) is 3.08. The number of aromatic nitrogens is 1. The molecule has 0 fully saturated rings. The van der Waals surface area contributed by atoms with Crippen LogP contribution >= 0.6 is 22.7 Å². The maximum atomic E-state index is 11.2. The highest BCUT2D eigenvalue weighted by atomic mass is 32.1. The fourth-order valence-electron chi connectivity index (χ4n) is 1.42. The Morgan fingerprint density at radius 1 is 1.44 bits per heavy atom. The number of nitrogens with one attached hydrogen (secondary N) is 1. The molecule has 96 valence electrons. The standard InChI is InChI=1S/C12H14N2O2S2/c1-3-8-4-5-9(18-8)6-13-12-14-10(7-17-12)11(15)16-2/h4-5,7H,3,6H2,1-2H3,(H,13,14). The van der Waals surface area contributed by atoms with Gasteiger partial charge in [-0.3, -0.25) is 0 Å². The van der Waals surface area contributed by atoms with Crippen LogP contribution in [0.5, 0.6) is 0 Å². The molecule has 0 aromatic carbocycles. The number of rotatable bonds is 5. The van der Waals surface area contributed by atoms with Crippen molar-refractivity contribution in [3.63, 3.8) is 0 Å². The molecule has 0 radical (unpaired) electrons. The summed E-state index contributed by atoms with van der Waals surface area (Å²) >= 11 is 3.20. The van der Waals surface area contributed by atoms with Crippen LogP contribution in [0, 0.1) is 0 Å². The van der Waals surface area contributed by atoms with Crippen molar-refractivity contribution in [3.8, 4) is 0 Å². The number of nitrogens with zero attached hydrogens (tertiary/aromatic N) is 1. The molecule has 0 amide bonds. The maximum absolute atomic E-state index is 11.2. The lowest BCUT2D eigenvalue weighted by Crippen LogP contribution is -2.02. The number of thiophene rings is 1. The highest BCUT2D eigenvalue weighted by Crippen LogP contribution is 2.20. The van der Waals surface area contributed by atoms with Crippen molar-refractivity contribution in [1.29, 1.82) is 0 Å². The summed E-state index contributed by atoms with van der Waals surface area (Å²) in [6.45, 7) is 2.88. The summed E-state index contributed by atoms with van der Waals surface area (Å²) in [6, 6.07) is 4.26. The van der Waals surface area contributed by atoms with Crippen LogP contribution in [-0.4, -0.2) is 18.1 Å². The lowest BCUT2D eigenvalue weighted by Gasteiger charge is -1.99. The maximum Gasteiger partial charge on any atom is 0.357 e. The Bertz CT molecular complexity index is 534. The largest absolute Gasteiger partial charge is 0.464 e. The smallest absolute Gasteiger partial charge is 0.357 e. The Labute approximate surface area is 114 Å². The van der Waals surface area contributed by atoms with Gasteiger partial charge in [-0.2, -0.15) is 0 Å². The Morgan fingerprint density at radius 3 is 2.89 bits per heavy atom. The van der Waals surface area contributed by atoms with E-state index in [9.17, 15) is 4.79 Å². The fourth-order valence-corrected chi connectivity index (χ4v) is 3.00. The van der Waals surface area contributed by atoms with Crippen molar-refractivity contribution in [3.05, 3.63) is 33.0 Å². The quantitative estimate of drug-likeness (QED) is 0.856. The third-order valence-electron chi connectivity index (χ3n) is 2.38. The molecule has 18 heavy (non-hydrogen) atoms.